The van der Waals surface area contributed by atoms with Crippen molar-refractivity contribution in [3.8, 4) is 33.5 Å². The molecule has 2 aliphatic rings. The third-order valence-electron chi connectivity index (χ3n) is 8.05. The summed E-state index contributed by atoms with van der Waals surface area (Å²) >= 11 is 0. The molecule has 5 heterocycles. The Kier molecular flexibility index (Phi) is 7.51. The third-order valence-corrected chi connectivity index (χ3v) is 12.9. The number of carbonyl (C=O) groups is 1. The van der Waals surface area contributed by atoms with Gasteiger partial charge in [-0.25, -0.2) is 0 Å². The molecule has 212 valence electrons. The fraction of sp³-hybridized carbons (Fsp3) is 0.0556. The van der Waals surface area contributed by atoms with E-state index >= 15 is 0 Å². The van der Waals surface area contributed by atoms with E-state index in [-0.39, 0.29) is 32.6 Å². The zero-order valence-corrected chi connectivity index (χ0v) is 26.8. The van der Waals surface area contributed by atoms with Crippen molar-refractivity contribution in [1.82, 2.24) is 15.0 Å². The van der Waals surface area contributed by atoms with E-state index < -0.39 is 8.07 Å². The summed E-state index contributed by atoms with van der Waals surface area (Å²) in [6.07, 6.45) is 10.9. The Morgan fingerprint density at radius 2 is 1.49 bits per heavy atom. The molecular formula is C36H26N3O2PtSi-. The topological polar surface area (TPSA) is 76.0 Å². The van der Waals surface area contributed by atoms with Gasteiger partial charge in [0.05, 0.1) is 5.76 Å². The van der Waals surface area contributed by atoms with Gasteiger partial charge in [-0.3, -0.25) is 14.8 Å². The number of carbonyl (C=O) groups excluding carboxylic acids is 1. The van der Waals surface area contributed by atoms with Crippen molar-refractivity contribution >= 4 is 45.4 Å². The first kappa shape index (κ1) is 28.6. The predicted octanol–water partition coefficient (Wildman–Crippen LogP) is 4.86. The summed E-state index contributed by atoms with van der Waals surface area (Å²) in [6.45, 7) is 2.85. The number of hydrogen-bond donors (Lipinski definition) is 1. The Morgan fingerprint density at radius 1 is 0.791 bits per heavy atom. The van der Waals surface area contributed by atoms with E-state index in [1.807, 2.05) is 31.0 Å². The molecule has 8 rings (SSSR count). The van der Waals surface area contributed by atoms with E-state index in [2.05, 4.69) is 94.9 Å². The molecule has 0 atom stereocenters. The zero-order chi connectivity index (χ0) is 28.8. The molecule has 1 N–H and O–H groups in total. The number of aromatic nitrogens is 3. The van der Waals surface area contributed by atoms with Gasteiger partial charge in [-0.2, -0.15) is 0 Å². The number of benzene rings is 3. The molecule has 0 fully saturated rings. The van der Waals surface area contributed by atoms with Gasteiger partial charge in [0.15, 0.2) is 5.78 Å². The van der Waals surface area contributed by atoms with Gasteiger partial charge >= 0.3 is 0 Å². The average molecular weight is 756 g/mol. The molecule has 0 radical (unpaired) electrons. The molecular weight excluding hydrogens is 730 g/mol. The molecule has 0 aliphatic carbocycles. The molecule has 0 amide bonds. The number of rotatable bonds is 2. The second-order valence-electron chi connectivity index (χ2n) is 10.6. The fourth-order valence-corrected chi connectivity index (χ4v) is 12.0. The van der Waals surface area contributed by atoms with Crippen LogP contribution in [0.5, 0.6) is 0 Å². The molecule has 3 aromatic heterocycles. The smallest absolute Gasteiger partial charge is 0.155 e. The number of aliphatic hydroxyl groups is 1. The molecule has 2 aliphatic heterocycles. The minimum absolute atomic E-state index is 0. The molecule has 6 aromatic rings. The van der Waals surface area contributed by atoms with Gasteiger partial charge in [0.1, 0.15) is 8.07 Å². The van der Waals surface area contributed by atoms with Crippen molar-refractivity contribution in [2.45, 2.75) is 13.8 Å². The van der Waals surface area contributed by atoms with Crippen molar-refractivity contribution in [2.75, 3.05) is 0 Å². The van der Waals surface area contributed by atoms with Crippen LogP contribution in [-0.2, 0) is 25.9 Å². The van der Waals surface area contributed by atoms with Gasteiger partial charge < -0.3 is 10.1 Å². The van der Waals surface area contributed by atoms with Crippen molar-refractivity contribution < 1.29 is 31.0 Å². The minimum atomic E-state index is -2.56. The summed E-state index contributed by atoms with van der Waals surface area (Å²) < 4.78 is 0. The summed E-state index contributed by atoms with van der Waals surface area (Å²) in [6, 6.07) is 32.2. The van der Waals surface area contributed by atoms with E-state index in [1.54, 1.807) is 0 Å². The van der Waals surface area contributed by atoms with Crippen LogP contribution in [0.2, 0.25) is 0 Å². The number of nitrogens with zero attached hydrogens (tertiary/aromatic N) is 3. The second-order valence-corrected chi connectivity index (χ2v) is 14.2. The summed E-state index contributed by atoms with van der Waals surface area (Å²) in [7, 11) is -2.56. The Hall–Kier alpha value is -4.51. The first-order valence-corrected chi connectivity index (χ1v) is 15.8. The van der Waals surface area contributed by atoms with Crippen LogP contribution in [0, 0.1) is 6.07 Å². The van der Waals surface area contributed by atoms with E-state index in [1.165, 1.54) is 73.7 Å². The Morgan fingerprint density at radius 3 is 2.16 bits per heavy atom. The Labute approximate surface area is 265 Å². The Balaban J connectivity index is 0.000000371. The second kappa shape index (κ2) is 11.3. The van der Waals surface area contributed by atoms with Gasteiger partial charge in [-0.05, 0) is 58.9 Å². The molecule has 5 nitrogen and oxygen atoms in total. The van der Waals surface area contributed by atoms with Crippen LogP contribution in [0.4, 0.5) is 0 Å². The van der Waals surface area contributed by atoms with Crippen LogP contribution >= 0.6 is 0 Å². The number of aliphatic hydroxyl groups excluding tert-OH is 1. The van der Waals surface area contributed by atoms with E-state index in [0.29, 0.717) is 0 Å². The van der Waals surface area contributed by atoms with Crippen LogP contribution in [-0.4, -0.2) is 33.9 Å². The standard InChI is InChI=1S/C31H18N3Si.C5H8O2.Pt/c1-2-7-22-20(5-1)6-3-8-23(22)21-10-11-24-30(17-21)35(29-9-4-14-34-31(24)29)27-12-15-32-18-25(27)26-19-33-16-13-28(26)35;1-4(6)3-5(2)7;/h1-10,12-19H;3,6H,1-2H3;/q-1;;/b;4-3-;. The summed E-state index contributed by atoms with van der Waals surface area (Å²) in [5.74, 6) is -0.0625. The first-order valence-electron chi connectivity index (χ1n) is 13.8. The maximum atomic E-state index is 10.0. The number of hydrogen-bond acceptors (Lipinski definition) is 5. The number of allylic oxidation sites excluding steroid dienone is 2. The molecule has 0 bridgehead atoms. The maximum absolute atomic E-state index is 10.0. The van der Waals surface area contributed by atoms with E-state index in [0.717, 1.165) is 11.3 Å². The number of pyridine rings is 3. The minimum Gasteiger partial charge on any atom is -0.512 e. The van der Waals surface area contributed by atoms with Crippen LogP contribution in [0.25, 0.3) is 44.3 Å². The van der Waals surface area contributed by atoms with Crippen molar-refractivity contribution in [3.05, 3.63) is 128 Å². The first-order chi connectivity index (χ1) is 20.5. The van der Waals surface area contributed by atoms with Crippen LogP contribution < -0.4 is 20.7 Å². The molecule has 1 spiro atoms. The van der Waals surface area contributed by atoms with E-state index in [9.17, 15) is 4.79 Å². The van der Waals surface area contributed by atoms with Crippen molar-refractivity contribution in [2.24, 2.45) is 0 Å². The maximum Gasteiger partial charge on any atom is 0.155 e. The molecule has 7 heteroatoms. The summed E-state index contributed by atoms with van der Waals surface area (Å²) in [5, 5.41) is 16.3. The molecule has 0 unspecified atom stereocenters. The van der Waals surface area contributed by atoms with Gasteiger partial charge in [0.2, 0.25) is 0 Å². The number of fused-ring (bicyclic) bond motifs is 11. The van der Waals surface area contributed by atoms with E-state index in [4.69, 9.17) is 10.1 Å². The van der Waals surface area contributed by atoms with Gasteiger partial charge in [-0.1, -0.05) is 64.8 Å². The zero-order valence-electron chi connectivity index (χ0n) is 23.5. The summed E-state index contributed by atoms with van der Waals surface area (Å²) in [5.41, 5.74) is 7.01. The normalized spacial score (nSPS) is 13.2. The van der Waals surface area contributed by atoms with Gasteiger partial charge in [0, 0.05) is 69.3 Å². The van der Waals surface area contributed by atoms with Crippen LogP contribution in [0.3, 0.4) is 0 Å². The SMILES string of the molecule is CC(=O)/C=C(/C)O.[Pt].[c-]1cc(-c2cccc3ccccc23)cc2c1-c1ncccc1[Si]21c2ccncc2-c2cnccc21. The van der Waals surface area contributed by atoms with Gasteiger partial charge in [-0.15, -0.1) is 28.9 Å². The monoisotopic (exact) mass is 755 g/mol. The van der Waals surface area contributed by atoms with Crippen LogP contribution in [0.1, 0.15) is 13.8 Å². The largest absolute Gasteiger partial charge is 0.512 e. The quantitative estimate of drug-likeness (QED) is 0.118. The Bertz CT molecular complexity index is 2000. The molecule has 43 heavy (non-hydrogen) atoms. The third kappa shape index (κ3) is 4.49. The average Bonchev–Trinajstić information content (AvgIpc) is 3.47. The fourth-order valence-electron chi connectivity index (χ4n) is 6.57. The van der Waals surface area contributed by atoms with Gasteiger partial charge in [0.25, 0.3) is 0 Å². The van der Waals surface area contributed by atoms with Crippen LogP contribution in [0.15, 0.2) is 122 Å². The predicted molar refractivity (Wildman–Crippen MR) is 170 cm³/mol. The number of ketones is 1. The van der Waals surface area contributed by atoms with Crippen molar-refractivity contribution in [3.63, 3.8) is 0 Å². The molecule has 0 saturated carbocycles. The molecule has 3 aromatic carbocycles. The summed E-state index contributed by atoms with van der Waals surface area (Å²) in [4.78, 5) is 23.9. The van der Waals surface area contributed by atoms with Crippen molar-refractivity contribution in [1.29, 1.82) is 0 Å². The molecule has 0 saturated heterocycles.